The molecule has 0 aromatic heterocycles. The summed E-state index contributed by atoms with van der Waals surface area (Å²) >= 11 is 0. The van der Waals surface area contributed by atoms with Gasteiger partial charge in [0, 0.05) is 17.7 Å². The predicted molar refractivity (Wildman–Crippen MR) is 55.0 cm³/mol. The zero-order valence-electron chi connectivity index (χ0n) is 8.42. The summed E-state index contributed by atoms with van der Waals surface area (Å²) < 4.78 is 5.40. The van der Waals surface area contributed by atoms with Crippen LogP contribution in [-0.4, -0.2) is 18.9 Å². The van der Waals surface area contributed by atoms with Crippen LogP contribution in [0.3, 0.4) is 0 Å². The third-order valence-electron chi connectivity index (χ3n) is 3.31. The number of nitrogens with one attached hydrogen (secondary N) is 1. The highest BCUT2D eigenvalue weighted by Crippen LogP contribution is 2.39. The van der Waals surface area contributed by atoms with E-state index in [1.54, 1.807) is 0 Å². The van der Waals surface area contributed by atoms with Gasteiger partial charge in [-0.2, -0.15) is 0 Å². The van der Waals surface area contributed by atoms with Crippen LogP contribution in [-0.2, 0) is 4.74 Å². The molecule has 0 aromatic carbocycles. The van der Waals surface area contributed by atoms with Crippen LogP contribution in [0.15, 0.2) is 24.0 Å². The lowest BCUT2D eigenvalue weighted by Gasteiger charge is -2.44. The van der Waals surface area contributed by atoms with Gasteiger partial charge in [-0.25, -0.2) is 0 Å². The highest BCUT2D eigenvalue weighted by Gasteiger charge is 2.49. The minimum Gasteiger partial charge on any atom is -0.399 e. The van der Waals surface area contributed by atoms with Crippen molar-refractivity contribution in [1.29, 1.82) is 0 Å². The van der Waals surface area contributed by atoms with E-state index in [2.05, 4.69) is 12.2 Å². The van der Waals surface area contributed by atoms with E-state index in [0.29, 0.717) is 12.3 Å². The zero-order chi connectivity index (χ0) is 10.2. The van der Waals surface area contributed by atoms with Gasteiger partial charge in [0.15, 0.2) is 0 Å². The van der Waals surface area contributed by atoms with Crippen LogP contribution >= 0.6 is 0 Å². The molecule has 2 aliphatic heterocycles. The van der Waals surface area contributed by atoms with Crippen LogP contribution < -0.4 is 16.8 Å². The molecular weight excluding hydrogens is 178 g/mol. The molecule has 78 valence electrons. The number of ether oxygens (including phenoxy) is 1. The summed E-state index contributed by atoms with van der Waals surface area (Å²) in [5.41, 5.74) is 12.1. The Balaban J connectivity index is 2.31. The Morgan fingerprint density at radius 1 is 1.57 bits per heavy atom. The summed E-state index contributed by atoms with van der Waals surface area (Å²) in [6.45, 7) is 3.51. The summed E-state index contributed by atoms with van der Waals surface area (Å²) in [6, 6.07) is 0. The van der Waals surface area contributed by atoms with Gasteiger partial charge in [0.2, 0.25) is 0 Å². The van der Waals surface area contributed by atoms with E-state index in [4.69, 9.17) is 16.2 Å². The van der Waals surface area contributed by atoms with E-state index in [1.165, 1.54) is 0 Å². The lowest BCUT2D eigenvalue weighted by molar-refractivity contribution is 0.104. The van der Waals surface area contributed by atoms with Gasteiger partial charge in [0.1, 0.15) is 5.66 Å². The van der Waals surface area contributed by atoms with Gasteiger partial charge in [0.25, 0.3) is 0 Å². The Morgan fingerprint density at radius 2 is 2.36 bits per heavy atom. The van der Waals surface area contributed by atoms with Gasteiger partial charge in [-0.15, -0.1) is 0 Å². The fraction of sp³-hybridized carbons (Fsp3) is 0.600. The van der Waals surface area contributed by atoms with E-state index < -0.39 is 5.66 Å². The van der Waals surface area contributed by atoms with Crippen molar-refractivity contribution in [2.75, 3.05) is 13.2 Å². The average molecular weight is 195 g/mol. The van der Waals surface area contributed by atoms with Crippen molar-refractivity contribution < 1.29 is 4.74 Å². The van der Waals surface area contributed by atoms with Crippen molar-refractivity contribution in [3.8, 4) is 0 Å². The van der Waals surface area contributed by atoms with E-state index in [1.807, 2.05) is 18.4 Å². The highest BCUT2D eigenvalue weighted by atomic mass is 16.5. The molecule has 1 saturated heterocycles. The standard InChI is InChI=1S/C10H17N3O/c1-9(4-6-14-7-9)10(12)8(11)3-2-5-13-10/h2-3,5,13H,4,6-7,11-12H2,1H3. The minimum absolute atomic E-state index is 0.127. The Hall–Kier alpha value is -1.00. The van der Waals surface area contributed by atoms with Crippen LogP contribution in [0.1, 0.15) is 13.3 Å². The third-order valence-corrected chi connectivity index (χ3v) is 3.31. The van der Waals surface area contributed by atoms with Crippen LogP contribution in [0.25, 0.3) is 0 Å². The average Bonchev–Trinajstić information content (AvgIpc) is 2.59. The molecule has 4 nitrogen and oxygen atoms in total. The summed E-state index contributed by atoms with van der Waals surface area (Å²) in [5.74, 6) is 0. The first-order valence-electron chi connectivity index (χ1n) is 4.86. The first-order chi connectivity index (χ1) is 6.58. The molecule has 2 heterocycles. The third kappa shape index (κ3) is 1.14. The summed E-state index contributed by atoms with van der Waals surface area (Å²) in [7, 11) is 0. The molecule has 2 unspecified atom stereocenters. The summed E-state index contributed by atoms with van der Waals surface area (Å²) in [6.07, 6.45) is 6.47. The van der Waals surface area contributed by atoms with Crippen molar-refractivity contribution in [3.05, 3.63) is 24.0 Å². The molecule has 0 spiro atoms. The monoisotopic (exact) mass is 195 g/mol. The van der Waals surface area contributed by atoms with Crippen LogP contribution in [0, 0.1) is 5.41 Å². The Bertz CT molecular complexity index is 292. The largest absolute Gasteiger partial charge is 0.399 e. The minimum atomic E-state index is -0.668. The molecule has 2 aliphatic rings. The maximum Gasteiger partial charge on any atom is 0.134 e. The lowest BCUT2D eigenvalue weighted by atomic mass is 9.74. The molecule has 0 saturated carbocycles. The van der Waals surface area contributed by atoms with Gasteiger partial charge in [-0.05, 0) is 24.8 Å². The van der Waals surface area contributed by atoms with Crippen LogP contribution in [0.2, 0.25) is 0 Å². The van der Waals surface area contributed by atoms with Crippen molar-refractivity contribution in [1.82, 2.24) is 5.32 Å². The lowest BCUT2D eigenvalue weighted by Crippen LogP contribution is -2.66. The smallest absolute Gasteiger partial charge is 0.134 e. The Kier molecular flexibility index (Phi) is 2.05. The SMILES string of the molecule is CC1(C2(N)NC=CC=C2N)CCOC1. The number of rotatable bonds is 1. The normalized spacial score (nSPS) is 42.0. The second kappa shape index (κ2) is 3.00. The number of allylic oxidation sites excluding steroid dienone is 2. The number of hydrogen-bond acceptors (Lipinski definition) is 4. The van der Waals surface area contributed by atoms with Crippen molar-refractivity contribution >= 4 is 0 Å². The second-order valence-corrected chi connectivity index (χ2v) is 4.30. The molecule has 0 amide bonds. The molecule has 0 radical (unpaired) electrons. The van der Waals surface area contributed by atoms with Crippen molar-refractivity contribution in [2.45, 2.75) is 19.0 Å². The van der Waals surface area contributed by atoms with Gasteiger partial charge >= 0.3 is 0 Å². The van der Waals surface area contributed by atoms with Gasteiger partial charge < -0.3 is 21.5 Å². The van der Waals surface area contributed by atoms with Crippen LogP contribution in [0.5, 0.6) is 0 Å². The zero-order valence-corrected chi connectivity index (χ0v) is 8.42. The Morgan fingerprint density at radius 3 is 2.93 bits per heavy atom. The summed E-state index contributed by atoms with van der Waals surface area (Å²) in [4.78, 5) is 0. The maximum absolute atomic E-state index is 6.31. The van der Waals surface area contributed by atoms with Gasteiger partial charge in [-0.1, -0.05) is 6.92 Å². The van der Waals surface area contributed by atoms with E-state index >= 15 is 0 Å². The topological polar surface area (TPSA) is 73.3 Å². The van der Waals surface area contributed by atoms with Crippen LogP contribution in [0.4, 0.5) is 0 Å². The summed E-state index contributed by atoms with van der Waals surface area (Å²) in [5, 5.41) is 3.15. The Labute approximate surface area is 84.0 Å². The predicted octanol–water partition coefficient (Wildman–Crippen LogP) is 0.0275. The molecule has 0 aliphatic carbocycles. The molecular formula is C10H17N3O. The fourth-order valence-corrected chi connectivity index (χ4v) is 2.05. The molecule has 2 atom stereocenters. The number of dihydropyridines is 1. The molecule has 2 rings (SSSR count). The molecule has 14 heavy (non-hydrogen) atoms. The molecule has 0 bridgehead atoms. The van der Waals surface area contributed by atoms with Crippen molar-refractivity contribution in [2.24, 2.45) is 16.9 Å². The van der Waals surface area contributed by atoms with E-state index in [9.17, 15) is 0 Å². The number of hydrogen-bond donors (Lipinski definition) is 3. The quantitative estimate of drug-likeness (QED) is 0.552. The molecule has 5 N–H and O–H groups in total. The molecule has 4 heteroatoms. The first-order valence-corrected chi connectivity index (χ1v) is 4.86. The fourth-order valence-electron chi connectivity index (χ4n) is 2.05. The van der Waals surface area contributed by atoms with E-state index in [-0.39, 0.29) is 5.41 Å². The van der Waals surface area contributed by atoms with Gasteiger partial charge in [0.05, 0.1) is 6.61 Å². The van der Waals surface area contributed by atoms with E-state index in [0.717, 1.165) is 13.0 Å². The molecule has 0 aromatic rings. The first kappa shape index (κ1) is 9.55. The van der Waals surface area contributed by atoms with Gasteiger partial charge in [-0.3, -0.25) is 0 Å². The number of nitrogens with two attached hydrogens (primary N) is 2. The molecule has 1 fully saturated rings. The highest BCUT2D eigenvalue weighted by molar-refractivity contribution is 5.29. The maximum atomic E-state index is 6.31. The second-order valence-electron chi connectivity index (χ2n) is 4.30. The van der Waals surface area contributed by atoms with Crippen molar-refractivity contribution in [3.63, 3.8) is 0 Å².